The first-order valence-corrected chi connectivity index (χ1v) is 6.47. The quantitative estimate of drug-likeness (QED) is 0.796. The number of hydrogen-bond donors (Lipinski definition) is 1. The van der Waals surface area contributed by atoms with Gasteiger partial charge in [-0.15, -0.1) is 0 Å². The maximum Gasteiger partial charge on any atom is 0.0646 e. The lowest BCUT2D eigenvalue weighted by atomic mass is 10.1. The molecule has 1 aromatic carbocycles. The van der Waals surface area contributed by atoms with Gasteiger partial charge in [0.1, 0.15) is 0 Å². The summed E-state index contributed by atoms with van der Waals surface area (Å²) in [5.41, 5.74) is 1.09. The normalized spacial score (nSPS) is 11.5. The van der Waals surface area contributed by atoms with Gasteiger partial charge in [0.25, 0.3) is 0 Å². The van der Waals surface area contributed by atoms with Crippen molar-refractivity contribution < 1.29 is 4.74 Å². The number of rotatable bonds is 6. The third-order valence-corrected chi connectivity index (χ3v) is 3.33. The average Bonchev–Trinajstić information content (AvgIpc) is 2.27. The van der Waals surface area contributed by atoms with Crippen LogP contribution in [0, 0.1) is 0 Å². The highest BCUT2D eigenvalue weighted by Crippen LogP contribution is 2.21. The highest BCUT2D eigenvalue weighted by Gasteiger charge is 2.14. The molecule has 0 aliphatic heterocycles. The second kappa shape index (κ2) is 6.26. The summed E-state index contributed by atoms with van der Waals surface area (Å²) in [5.74, 6) is 0. The van der Waals surface area contributed by atoms with Gasteiger partial charge in [0.2, 0.25) is 0 Å². The van der Waals surface area contributed by atoms with Gasteiger partial charge in [-0.1, -0.05) is 19.1 Å². The van der Waals surface area contributed by atoms with Crippen LogP contribution in [0.15, 0.2) is 28.7 Å². The molecule has 0 bridgehead atoms. The van der Waals surface area contributed by atoms with Crippen molar-refractivity contribution in [2.75, 3.05) is 18.5 Å². The molecule has 0 saturated carbocycles. The molecule has 0 amide bonds. The molecule has 0 radical (unpaired) electrons. The number of para-hydroxylation sites is 1. The molecule has 1 N–H and O–H groups in total. The maximum atomic E-state index is 5.76. The smallest absolute Gasteiger partial charge is 0.0646 e. The Kier molecular flexibility index (Phi) is 5.29. The summed E-state index contributed by atoms with van der Waals surface area (Å²) in [7, 11) is 0. The molecule has 1 rings (SSSR count). The van der Waals surface area contributed by atoms with Crippen molar-refractivity contribution in [2.45, 2.75) is 32.8 Å². The first kappa shape index (κ1) is 13.5. The molecule has 16 heavy (non-hydrogen) atoms. The Balaban J connectivity index is 2.29. The van der Waals surface area contributed by atoms with Gasteiger partial charge in [0.05, 0.1) is 12.2 Å². The first-order chi connectivity index (χ1) is 7.55. The molecule has 2 nitrogen and oxygen atoms in total. The van der Waals surface area contributed by atoms with Gasteiger partial charge in [-0.05, 0) is 48.3 Å². The predicted octanol–water partition coefficient (Wildman–Crippen LogP) is 4.07. The summed E-state index contributed by atoms with van der Waals surface area (Å²) in [6.07, 6.45) is 1.03. The highest BCUT2D eigenvalue weighted by atomic mass is 79.9. The van der Waals surface area contributed by atoms with E-state index < -0.39 is 0 Å². The van der Waals surface area contributed by atoms with E-state index in [-0.39, 0.29) is 5.60 Å². The fourth-order valence-electron chi connectivity index (χ4n) is 1.22. The largest absolute Gasteiger partial charge is 0.382 e. The summed E-state index contributed by atoms with van der Waals surface area (Å²) < 4.78 is 6.85. The summed E-state index contributed by atoms with van der Waals surface area (Å²) in [6, 6.07) is 8.10. The summed E-state index contributed by atoms with van der Waals surface area (Å²) in [5, 5.41) is 3.34. The van der Waals surface area contributed by atoms with Crippen LogP contribution in [0.2, 0.25) is 0 Å². The molecule has 3 heteroatoms. The van der Waals surface area contributed by atoms with Gasteiger partial charge in [-0.2, -0.15) is 0 Å². The zero-order valence-corrected chi connectivity index (χ0v) is 11.8. The van der Waals surface area contributed by atoms with Crippen molar-refractivity contribution in [1.29, 1.82) is 0 Å². The Labute approximate surface area is 107 Å². The van der Waals surface area contributed by atoms with Crippen LogP contribution in [0.5, 0.6) is 0 Å². The van der Waals surface area contributed by atoms with Gasteiger partial charge in [-0.25, -0.2) is 0 Å². The van der Waals surface area contributed by atoms with E-state index in [0.29, 0.717) is 0 Å². The Morgan fingerprint density at radius 2 is 2.00 bits per heavy atom. The number of benzene rings is 1. The molecule has 0 spiro atoms. The SMILES string of the molecule is CCC(C)(C)OCCNc1ccccc1Br. The molecular weight excluding hydrogens is 266 g/mol. The summed E-state index contributed by atoms with van der Waals surface area (Å²) in [6.45, 7) is 7.92. The molecule has 0 heterocycles. The number of nitrogens with one attached hydrogen (secondary N) is 1. The molecule has 0 saturated heterocycles. The van der Waals surface area contributed by atoms with Crippen LogP contribution in [0.4, 0.5) is 5.69 Å². The van der Waals surface area contributed by atoms with Gasteiger partial charge in [-0.3, -0.25) is 0 Å². The van der Waals surface area contributed by atoms with Crippen LogP contribution in [0.1, 0.15) is 27.2 Å². The lowest BCUT2D eigenvalue weighted by molar-refractivity contribution is -0.0142. The molecule has 0 aliphatic rings. The Hall–Kier alpha value is -0.540. The van der Waals surface area contributed by atoms with E-state index in [2.05, 4.69) is 48.1 Å². The second-order valence-electron chi connectivity index (χ2n) is 4.37. The van der Waals surface area contributed by atoms with Crippen LogP contribution in [-0.4, -0.2) is 18.8 Å². The van der Waals surface area contributed by atoms with Gasteiger partial charge in [0, 0.05) is 16.7 Å². The van der Waals surface area contributed by atoms with Crippen molar-refractivity contribution in [1.82, 2.24) is 0 Å². The zero-order valence-electron chi connectivity index (χ0n) is 10.2. The molecule has 1 aromatic rings. The van der Waals surface area contributed by atoms with Crippen molar-refractivity contribution in [3.05, 3.63) is 28.7 Å². The van der Waals surface area contributed by atoms with Crippen molar-refractivity contribution in [3.63, 3.8) is 0 Å². The van der Waals surface area contributed by atoms with Crippen molar-refractivity contribution >= 4 is 21.6 Å². The predicted molar refractivity (Wildman–Crippen MR) is 73.0 cm³/mol. The minimum absolute atomic E-state index is 0.0183. The maximum absolute atomic E-state index is 5.76. The zero-order chi connectivity index (χ0) is 12.0. The lowest BCUT2D eigenvalue weighted by Crippen LogP contribution is -2.26. The molecule has 0 aromatic heterocycles. The first-order valence-electron chi connectivity index (χ1n) is 5.67. The van der Waals surface area contributed by atoms with Crippen LogP contribution in [0.25, 0.3) is 0 Å². The van der Waals surface area contributed by atoms with E-state index in [1.54, 1.807) is 0 Å². The fraction of sp³-hybridized carbons (Fsp3) is 0.538. The van der Waals surface area contributed by atoms with Gasteiger partial charge in [0.15, 0.2) is 0 Å². The fourth-order valence-corrected chi connectivity index (χ4v) is 1.64. The highest BCUT2D eigenvalue weighted by molar-refractivity contribution is 9.10. The third-order valence-electron chi connectivity index (χ3n) is 2.64. The minimum atomic E-state index is -0.0183. The van der Waals surface area contributed by atoms with Crippen LogP contribution in [0.3, 0.4) is 0 Å². The van der Waals surface area contributed by atoms with Gasteiger partial charge < -0.3 is 10.1 Å². The van der Waals surface area contributed by atoms with E-state index in [4.69, 9.17) is 4.74 Å². The molecule has 0 aliphatic carbocycles. The van der Waals surface area contributed by atoms with Crippen LogP contribution in [-0.2, 0) is 4.74 Å². The van der Waals surface area contributed by atoms with Crippen molar-refractivity contribution in [2.24, 2.45) is 0 Å². The van der Waals surface area contributed by atoms with Crippen LogP contribution < -0.4 is 5.32 Å². The molecule has 0 unspecified atom stereocenters. The Morgan fingerprint density at radius 1 is 1.31 bits per heavy atom. The number of ether oxygens (including phenoxy) is 1. The van der Waals surface area contributed by atoms with E-state index >= 15 is 0 Å². The summed E-state index contributed by atoms with van der Waals surface area (Å²) in [4.78, 5) is 0. The minimum Gasteiger partial charge on any atom is -0.382 e. The number of halogens is 1. The number of hydrogen-bond acceptors (Lipinski definition) is 2. The molecular formula is C13H20BrNO. The van der Waals surface area contributed by atoms with E-state index in [1.807, 2.05) is 18.2 Å². The Bertz CT molecular complexity index is 325. The van der Waals surface area contributed by atoms with Crippen molar-refractivity contribution in [3.8, 4) is 0 Å². The van der Waals surface area contributed by atoms with E-state index in [0.717, 1.165) is 29.7 Å². The Morgan fingerprint density at radius 3 is 2.62 bits per heavy atom. The second-order valence-corrected chi connectivity index (χ2v) is 5.22. The summed E-state index contributed by atoms with van der Waals surface area (Å²) >= 11 is 3.50. The standard InChI is InChI=1S/C13H20BrNO/c1-4-13(2,3)16-10-9-15-12-8-6-5-7-11(12)14/h5-8,15H,4,9-10H2,1-3H3. The number of anilines is 1. The molecule has 0 fully saturated rings. The topological polar surface area (TPSA) is 21.3 Å². The monoisotopic (exact) mass is 285 g/mol. The van der Waals surface area contributed by atoms with Crippen LogP contribution >= 0.6 is 15.9 Å². The third kappa shape index (κ3) is 4.54. The van der Waals surface area contributed by atoms with Gasteiger partial charge >= 0.3 is 0 Å². The lowest BCUT2D eigenvalue weighted by Gasteiger charge is -2.23. The van der Waals surface area contributed by atoms with E-state index in [1.165, 1.54) is 0 Å². The molecule has 0 atom stereocenters. The average molecular weight is 286 g/mol. The molecule has 90 valence electrons. The van der Waals surface area contributed by atoms with E-state index in [9.17, 15) is 0 Å².